The van der Waals surface area contributed by atoms with Crippen LogP contribution in [0.3, 0.4) is 0 Å². The number of methoxy groups -OCH3 is 4. The maximum absolute atomic E-state index is 13.4. The summed E-state index contributed by atoms with van der Waals surface area (Å²) in [6.07, 6.45) is 1.08. The minimum Gasteiger partial charge on any atom is -0.493 e. The van der Waals surface area contributed by atoms with E-state index in [0.29, 0.717) is 52.5 Å². The van der Waals surface area contributed by atoms with Gasteiger partial charge in [-0.15, -0.1) is 0 Å². The van der Waals surface area contributed by atoms with Crippen molar-refractivity contribution >= 4 is 11.8 Å². The van der Waals surface area contributed by atoms with Crippen molar-refractivity contribution in [3.63, 3.8) is 0 Å². The van der Waals surface area contributed by atoms with E-state index in [9.17, 15) is 9.59 Å². The van der Waals surface area contributed by atoms with Gasteiger partial charge in [0.2, 0.25) is 5.75 Å². The largest absolute Gasteiger partial charge is 0.493 e. The summed E-state index contributed by atoms with van der Waals surface area (Å²) >= 11 is 0. The van der Waals surface area contributed by atoms with Crippen LogP contribution in [0.15, 0.2) is 34.7 Å². The van der Waals surface area contributed by atoms with Gasteiger partial charge in [-0.2, -0.15) is 0 Å². The Morgan fingerprint density at radius 1 is 1.03 bits per heavy atom. The zero-order valence-electron chi connectivity index (χ0n) is 20.4. The summed E-state index contributed by atoms with van der Waals surface area (Å²) in [5.74, 6) is 0.199. The summed E-state index contributed by atoms with van der Waals surface area (Å²) in [6.45, 7) is 6.35. The lowest BCUT2D eigenvalue weighted by Gasteiger charge is -2.39. The van der Waals surface area contributed by atoms with Gasteiger partial charge in [0.25, 0.3) is 0 Å². The molecule has 1 aliphatic heterocycles. The number of hydrogen-bond donors (Lipinski definition) is 1. The molecule has 0 aromatic heterocycles. The van der Waals surface area contributed by atoms with E-state index in [1.165, 1.54) is 21.3 Å². The fourth-order valence-corrected chi connectivity index (χ4v) is 4.60. The normalized spacial score (nSPS) is 19.6. The smallest absolute Gasteiger partial charge is 0.336 e. The van der Waals surface area contributed by atoms with Crippen molar-refractivity contribution in [2.45, 2.75) is 39.5 Å². The van der Waals surface area contributed by atoms with Crippen molar-refractivity contribution < 1.29 is 33.3 Å². The molecule has 0 saturated carbocycles. The number of benzene rings is 1. The predicted octanol–water partition coefficient (Wildman–Crippen LogP) is 3.51. The Morgan fingerprint density at radius 3 is 2.21 bits per heavy atom. The zero-order chi connectivity index (χ0) is 24.3. The Hall–Kier alpha value is -3.00. The van der Waals surface area contributed by atoms with Gasteiger partial charge in [0.05, 0.1) is 33.5 Å². The first-order valence-electron chi connectivity index (χ1n) is 10.9. The molecule has 8 nitrogen and oxygen atoms in total. The molecule has 0 bridgehead atoms. The maximum Gasteiger partial charge on any atom is 0.336 e. The van der Waals surface area contributed by atoms with Crippen LogP contribution >= 0.6 is 0 Å². The highest BCUT2D eigenvalue weighted by molar-refractivity contribution is 6.04. The predicted molar refractivity (Wildman–Crippen MR) is 123 cm³/mol. The van der Waals surface area contributed by atoms with Gasteiger partial charge in [0.15, 0.2) is 17.3 Å². The Bertz CT molecular complexity index is 981. The maximum atomic E-state index is 13.4. The fraction of sp³-hybridized carbons (Fsp3) is 0.520. The highest BCUT2D eigenvalue weighted by Gasteiger charge is 2.43. The fourth-order valence-electron chi connectivity index (χ4n) is 4.60. The first kappa shape index (κ1) is 24.6. The number of ether oxygens (including phenoxy) is 5. The third-order valence-corrected chi connectivity index (χ3v) is 6.00. The molecule has 0 amide bonds. The van der Waals surface area contributed by atoms with Crippen molar-refractivity contribution in [1.82, 2.24) is 5.32 Å². The lowest BCUT2D eigenvalue weighted by Crippen LogP contribution is -2.38. The standard InChI is InChI=1S/C25H33NO7/c1-14-20(24(28)33-9-8-29-4)21(22-16(26-14)12-25(2,3)13-17(22)27)15-10-18(30-5)23(32-7)19(11-15)31-6/h10-11,21,26H,8-9,12-13H2,1-7H3/t21-/m0/s1. The molecule has 1 aromatic rings. The van der Waals surface area contributed by atoms with Crippen LogP contribution in [0.2, 0.25) is 0 Å². The van der Waals surface area contributed by atoms with E-state index in [1.807, 2.05) is 6.92 Å². The second kappa shape index (κ2) is 9.87. The van der Waals surface area contributed by atoms with Crippen molar-refractivity contribution in [3.05, 3.63) is 40.2 Å². The molecule has 0 saturated heterocycles. The summed E-state index contributed by atoms with van der Waals surface area (Å²) in [5, 5.41) is 3.32. The number of esters is 1. The molecular formula is C25H33NO7. The quantitative estimate of drug-likeness (QED) is 0.466. The summed E-state index contributed by atoms with van der Waals surface area (Å²) in [6, 6.07) is 3.56. The molecule has 1 aliphatic carbocycles. The number of dihydropyridines is 1. The lowest BCUT2D eigenvalue weighted by molar-refractivity contribution is -0.140. The van der Waals surface area contributed by atoms with Gasteiger partial charge >= 0.3 is 5.97 Å². The molecule has 0 fully saturated rings. The number of Topliss-reactive ketones (excluding diaryl/α,β-unsaturated/α-hetero) is 1. The van der Waals surface area contributed by atoms with Crippen LogP contribution in [0.4, 0.5) is 0 Å². The van der Waals surface area contributed by atoms with Crippen LogP contribution < -0.4 is 19.5 Å². The highest BCUT2D eigenvalue weighted by atomic mass is 16.6. The van der Waals surface area contributed by atoms with Gasteiger partial charge in [-0.25, -0.2) is 4.79 Å². The molecule has 8 heteroatoms. The van der Waals surface area contributed by atoms with Crippen LogP contribution in [0.5, 0.6) is 17.2 Å². The van der Waals surface area contributed by atoms with Gasteiger partial charge in [-0.05, 0) is 36.5 Å². The number of rotatable bonds is 8. The van der Waals surface area contributed by atoms with Crippen LogP contribution in [0.1, 0.15) is 45.1 Å². The molecule has 180 valence electrons. The third-order valence-electron chi connectivity index (χ3n) is 6.00. The van der Waals surface area contributed by atoms with Crippen LogP contribution in [0.25, 0.3) is 0 Å². The molecule has 3 rings (SSSR count). The van der Waals surface area contributed by atoms with E-state index < -0.39 is 11.9 Å². The molecule has 1 N–H and O–H groups in total. The minimum atomic E-state index is -0.631. The molecule has 2 aliphatic rings. The molecule has 0 unspecified atom stereocenters. The van der Waals surface area contributed by atoms with Gasteiger partial charge in [0.1, 0.15) is 6.61 Å². The van der Waals surface area contributed by atoms with E-state index in [0.717, 1.165) is 5.70 Å². The van der Waals surface area contributed by atoms with Crippen LogP contribution in [-0.4, -0.2) is 53.4 Å². The van der Waals surface area contributed by atoms with E-state index in [1.54, 1.807) is 19.2 Å². The van der Waals surface area contributed by atoms with E-state index in [4.69, 9.17) is 23.7 Å². The average molecular weight is 460 g/mol. The molecule has 0 radical (unpaired) electrons. The number of nitrogens with one attached hydrogen (secondary N) is 1. The zero-order valence-corrected chi connectivity index (χ0v) is 20.4. The van der Waals surface area contributed by atoms with Gasteiger partial charge in [-0.3, -0.25) is 4.79 Å². The Labute approximate surface area is 194 Å². The number of allylic oxidation sites excluding steroid dienone is 3. The van der Waals surface area contributed by atoms with Gasteiger partial charge in [-0.1, -0.05) is 13.8 Å². The number of ketones is 1. The second-order valence-corrected chi connectivity index (χ2v) is 9.02. The van der Waals surface area contributed by atoms with E-state index >= 15 is 0 Å². The molecule has 33 heavy (non-hydrogen) atoms. The lowest BCUT2D eigenvalue weighted by atomic mass is 9.68. The van der Waals surface area contributed by atoms with Gasteiger partial charge < -0.3 is 29.0 Å². The van der Waals surface area contributed by atoms with Crippen LogP contribution in [0, 0.1) is 5.41 Å². The third kappa shape index (κ3) is 4.85. The Balaban J connectivity index is 2.21. The van der Waals surface area contributed by atoms with Crippen molar-refractivity contribution in [1.29, 1.82) is 0 Å². The summed E-state index contributed by atoms with van der Waals surface area (Å²) in [4.78, 5) is 26.6. The molecule has 1 heterocycles. The van der Waals surface area contributed by atoms with E-state index in [2.05, 4.69) is 19.2 Å². The number of carbonyl (C=O) groups excluding carboxylic acids is 2. The summed E-state index contributed by atoms with van der Waals surface area (Å²) in [5.41, 5.74) is 2.95. The van der Waals surface area contributed by atoms with Crippen LogP contribution in [-0.2, 0) is 19.1 Å². The van der Waals surface area contributed by atoms with Gasteiger partial charge in [0, 0.05) is 36.4 Å². The van der Waals surface area contributed by atoms with Crippen molar-refractivity contribution in [3.8, 4) is 17.2 Å². The molecular weight excluding hydrogens is 426 g/mol. The summed E-state index contributed by atoms with van der Waals surface area (Å²) < 4.78 is 27.0. The SMILES string of the molecule is COCCOC(=O)C1=C(C)NC2=C(C(=O)CC(C)(C)C2)[C@H]1c1cc(OC)c(OC)c(OC)c1. The molecule has 1 atom stereocenters. The minimum absolute atomic E-state index is 0.00203. The topological polar surface area (TPSA) is 92.3 Å². The number of carbonyl (C=O) groups is 2. The Morgan fingerprint density at radius 2 is 1.67 bits per heavy atom. The Kier molecular flexibility index (Phi) is 7.37. The summed E-state index contributed by atoms with van der Waals surface area (Å²) in [7, 11) is 6.13. The first-order chi connectivity index (χ1) is 15.7. The van der Waals surface area contributed by atoms with E-state index in [-0.39, 0.29) is 24.4 Å². The average Bonchev–Trinajstić information content (AvgIpc) is 2.76. The molecule has 0 spiro atoms. The number of hydrogen-bond acceptors (Lipinski definition) is 8. The monoisotopic (exact) mass is 459 g/mol. The van der Waals surface area contributed by atoms with Crippen molar-refractivity contribution in [2.24, 2.45) is 5.41 Å². The van der Waals surface area contributed by atoms with Crippen molar-refractivity contribution in [2.75, 3.05) is 41.7 Å². The highest BCUT2D eigenvalue weighted by Crippen LogP contribution is 2.49. The first-order valence-corrected chi connectivity index (χ1v) is 10.9. The second-order valence-electron chi connectivity index (χ2n) is 9.02. The molecule has 1 aromatic carbocycles.